The van der Waals surface area contributed by atoms with Crippen molar-refractivity contribution >= 4 is 0 Å². The summed E-state index contributed by atoms with van der Waals surface area (Å²) < 4.78 is 16.3. The molecule has 20 heavy (non-hydrogen) atoms. The van der Waals surface area contributed by atoms with Crippen molar-refractivity contribution in [3.05, 3.63) is 35.7 Å². The molecule has 3 rings (SSSR count). The zero-order chi connectivity index (χ0) is 13.9. The smallest absolute Gasteiger partial charge is 0.161 e. The summed E-state index contributed by atoms with van der Waals surface area (Å²) in [6.07, 6.45) is 0.00932. The van der Waals surface area contributed by atoms with Gasteiger partial charge in [-0.15, -0.1) is 0 Å². The highest BCUT2D eigenvalue weighted by atomic mass is 16.6. The molecule has 6 nitrogen and oxygen atoms in total. The van der Waals surface area contributed by atoms with Crippen LogP contribution in [0.3, 0.4) is 0 Å². The summed E-state index contributed by atoms with van der Waals surface area (Å²) >= 11 is 0. The van der Waals surface area contributed by atoms with Crippen molar-refractivity contribution in [3.8, 4) is 11.5 Å². The largest absolute Gasteiger partial charge is 0.486 e. The fourth-order valence-electron chi connectivity index (χ4n) is 2.21. The van der Waals surface area contributed by atoms with Crippen LogP contribution in [0.25, 0.3) is 0 Å². The second-order valence-corrected chi connectivity index (χ2v) is 4.99. The van der Waals surface area contributed by atoms with Crippen LogP contribution in [0.15, 0.2) is 28.9 Å². The zero-order valence-electron chi connectivity index (χ0n) is 11.6. The van der Waals surface area contributed by atoms with Crippen LogP contribution >= 0.6 is 0 Å². The number of hydrogen-bond acceptors (Lipinski definition) is 6. The van der Waals surface area contributed by atoms with E-state index >= 15 is 0 Å². The average Bonchev–Trinajstić information content (AvgIpc) is 2.84. The Bertz CT molecular complexity index is 585. The minimum atomic E-state index is 0.00932. The Morgan fingerprint density at radius 2 is 2.05 bits per heavy atom. The average molecular weight is 275 g/mol. The van der Waals surface area contributed by atoms with Gasteiger partial charge in [-0.2, -0.15) is 0 Å². The summed E-state index contributed by atoms with van der Waals surface area (Å²) in [7, 11) is 2.01. The van der Waals surface area contributed by atoms with E-state index < -0.39 is 0 Å². The number of aryl methyl sites for hydroxylation is 1. The Labute approximate surface area is 117 Å². The molecule has 106 valence electrons. The van der Waals surface area contributed by atoms with E-state index in [0.717, 1.165) is 29.4 Å². The van der Waals surface area contributed by atoms with Gasteiger partial charge in [-0.3, -0.25) is 4.90 Å². The molecule has 0 amide bonds. The SMILES string of the molecule is Cc1nonc1CN(C)CC1COc2ccccc2O1. The standard InChI is InChI=1S/C14H17N3O3/c1-10-12(16-20-15-10)8-17(2)7-11-9-18-13-5-3-4-6-14(13)19-11/h3-6,11H,7-9H2,1-2H3. The molecule has 0 N–H and O–H groups in total. The third-order valence-electron chi connectivity index (χ3n) is 3.25. The number of fused-ring (bicyclic) bond motifs is 1. The molecule has 1 aliphatic rings. The first-order chi connectivity index (χ1) is 9.72. The minimum absolute atomic E-state index is 0.00932. The van der Waals surface area contributed by atoms with Gasteiger partial charge in [-0.1, -0.05) is 22.4 Å². The van der Waals surface area contributed by atoms with Crippen molar-refractivity contribution in [1.82, 2.24) is 15.2 Å². The van der Waals surface area contributed by atoms with E-state index in [1.165, 1.54) is 0 Å². The van der Waals surface area contributed by atoms with Gasteiger partial charge in [0.15, 0.2) is 11.5 Å². The summed E-state index contributed by atoms with van der Waals surface area (Å²) in [6, 6.07) is 7.72. The van der Waals surface area contributed by atoms with Gasteiger partial charge >= 0.3 is 0 Å². The highest BCUT2D eigenvalue weighted by molar-refractivity contribution is 5.40. The quantitative estimate of drug-likeness (QED) is 0.845. The zero-order valence-corrected chi connectivity index (χ0v) is 11.6. The third kappa shape index (κ3) is 2.75. The summed E-state index contributed by atoms with van der Waals surface area (Å²) in [5.74, 6) is 1.61. The van der Waals surface area contributed by atoms with Gasteiger partial charge in [-0.25, -0.2) is 4.63 Å². The first-order valence-corrected chi connectivity index (χ1v) is 6.57. The molecule has 1 aromatic carbocycles. The number of ether oxygens (including phenoxy) is 2. The van der Waals surface area contributed by atoms with E-state index in [2.05, 4.69) is 15.2 Å². The maximum Gasteiger partial charge on any atom is 0.161 e. The van der Waals surface area contributed by atoms with Crippen molar-refractivity contribution in [2.24, 2.45) is 0 Å². The Kier molecular flexibility index (Phi) is 3.56. The van der Waals surface area contributed by atoms with Crippen molar-refractivity contribution in [1.29, 1.82) is 0 Å². The fourth-order valence-corrected chi connectivity index (χ4v) is 2.21. The first-order valence-electron chi connectivity index (χ1n) is 6.57. The van der Waals surface area contributed by atoms with Crippen molar-refractivity contribution in [3.63, 3.8) is 0 Å². The van der Waals surface area contributed by atoms with Crippen LogP contribution in [-0.2, 0) is 6.54 Å². The molecule has 0 saturated carbocycles. The number of benzene rings is 1. The second-order valence-electron chi connectivity index (χ2n) is 4.99. The Morgan fingerprint density at radius 1 is 1.25 bits per heavy atom. The molecule has 1 unspecified atom stereocenters. The molecule has 2 heterocycles. The second kappa shape index (κ2) is 5.50. The maximum absolute atomic E-state index is 5.93. The van der Waals surface area contributed by atoms with E-state index in [4.69, 9.17) is 14.1 Å². The van der Waals surface area contributed by atoms with Gasteiger partial charge in [0, 0.05) is 13.1 Å². The van der Waals surface area contributed by atoms with Crippen LogP contribution in [0.5, 0.6) is 11.5 Å². The van der Waals surface area contributed by atoms with E-state index in [1.54, 1.807) is 0 Å². The van der Waals surface area contributed by atoms with Gasteiger partial charge < -0.3 is 9.47 Å². The lowest BCUT2D eigenvalue weighted by atomic mass is 10.2. The molecule has 0 spiro atoms. The predicted molar refractivity (Wildman–Crippen MR) is 71.7 cm³/mol. The van der Waals surface area contributed by atoms with E-state index in [9.17, 15) is 0 Å². The first kappa shape index (κ1) is 12.9. The van der Waals surface area contributed by atoms with Crippen molar-refractivity contribution in [2.45, 2.75) is 19.6 Å². The molecule has 1 aromatic heterocycles. The number of rotatable bonds is 4. The molecule has 6 heteroatoms. The number of aromatic nitrogens is 2. The van der Waals surface area contributed by atoms with Crippen LogP contribution in [0, 0.1) is 6.92 Å². The van der Waals surface area contributed by atoms with Gasteiger partial charge in [0.05, 0.1) is 0 Å². The molecule has 2 aromatic rings. The lowest BCUT2D eigenvalue weighted by Crippen LogP contribution is -2.39. The third-order valence-corrected chi connectivity index (χ3v) is 3.25. The minimum Gasteiger partial charge on any atom is -0.486 e. The Balaban J connectivity index is 1.58. The van der Waals surface area contributed by atoms with Crippen LogP contribution in [-0.4, -0.2) is 41.5 Å². The van der Waals surface area contributed by atoms with E-state index in [0.29, 0.717) is 13.2 Å². The lowest BCUT2D eigenvalue weighted by Gasteiger charge is -2.29. The monoisotopic (exact) mass is 275 g/mol. The molecule has 0 fully saturated rings. The van der Waals surface area contributed by atoms with Crippen LogP contribution in [0.4, 0.5) is 0 Å². The molecular formula is C14H17N3O3. The molecule has 0 radical (unpaired) electrons. The van der Waals surface area contributed by atoms with E-state index in [-0.39, 0.29) is 6.10 Å². The Morgan fingerprint density at radius 3 is 2.80 bits per heavy atom. The highest BCUT2D eigenvalue weighted by Gasteiger charge is 2.22. The summed E-state index contributed by atoms with van der Waals surface area (Å²) in [5.41, 5.74) is 1.67. The molecule has 1 atom stereocenters. The maximum atomic E-state index is 5.93. The van der Waals surface area contributed by atoms with Crippen LogP contribution in [0.2, 0.25) is 0 Å². The molecule has 0 saturated heterocycles. The lowest BCUT2D eigenvalue weighted by molar-refractivity contribution is 0.0632. The normalized spacial score (nSPS) is 17.4. The summed E-state index contributed by atoms with van der Waals surface area (Å²) in [4.78, 5) is 2.12. The van der Waals surface area contributed by atoms with E-state index in [1.807, 2.05) is 38.2 Å². The topological polar surface area (TPSA) is 60.6 Å². The molecular weight excluding hydrogens is 258 g/mol. The summed E-state index contributed by atoms with van der Waals surface area (Å²) in [6.45, 7) is 3.87. The van der Waals surface area contributed by atoms with Gasteiger partial charge in [0.25, 0.3) is 0 Å². The predicted octanol–water partition coefficient (Wildman–Crippen LogP) is 1.65. The van der Waals surface area contributed by atoms with Crippen molar-refractivity contribution in [2.75, 3.05) is 20.2 Å². The van der Waals surface area contributed by atoms with Crippen LogP contribution in [0.1, 0.15) is 11.4 Å². The highest BCUT2D eigenvalue weighted by Crippen LogP contribution is 2.30. The molecule has 0 aliphatic carbocycles. The van der Waals surface area contributed by atoms with Gasteiger partial charge in [0.2, 0.25) is 0 Å². The van der Waals surface area contributed by atoms with Gasteiger partial charge in [0.1, 0.15) is 24.1 Å². The number of para-hydroxylation sites is 2. The van der Waals surface area contributed by atoms with Crippen LogP contribution < -0.4 is 9.47 Å². The number of hydrogen-bond donors (Lipinski definition) is 0. The fraction of sp³-hybridized carbons (Fsp3) is 0.429. The summed E-state index contributed by atoms with van der Waals surface area (Å²) in [5, 5.41) is 7.66. The molecule has 1 aliphatic heterocycles. The number of nitrogens with zero attached hydrogens (tertiary/aromatic N) is 3. The van der Waals surface area contributed by atoms with Gasteiger partial charge in [-0.05, 0) is 26.1 Å². The Hall–Kier alpha value is -2.08. The molecule has 0 bridgehead atoms. The van der Waals surface area contributed by atoms with Crippen molar-refractivity contribution < 1.29 is 14.1 Å². The number of likely N-dealkylation sites (N-methyl/N-ethyl adjacent to an activating group) is 1.